The van der Waals surface area contributed by atoms with E-state index in [9.17, 15) is 4.79 Å². The third-order valence-electron chi connectivity index (χ3n) is 4.24. The SMILES string of the molecule is O=C(/C=C/c1ccc2c(c1)OCO2)NCc1ccc(Cn2ccnc2)cc1. The van der Waals surface area contributed by atoms with Crippen LogP contribution in [0.4, 0.5) is 0 Å². The number of hydrogen-bond acceptors (Lipinski definition) is 4. The molecule has 0 aliphatic carbocycles. The Kier molecular flexibility index (Phi) is 4.87. The maximum Gasteiger partial charge on any atom is 0.244 e. The molecule has 6 heteroatoms. The third kappa shape index (κ3) is 4.36. The highest BCUT2D eigenvalue weighted by Gasteiger charge is 2.12. The standard InChI is InChI=1S/C21H19N3O3/c25-21(8-6-16-5-7-19-20(11-16)27-15-26-19)23-12-17-1-3-18(4-2-17)13-24-10-9-22-14-24/h1-11,14H,12-13,15H2,(H,23,25)/b8-6+. The summed E-state index contributed by atoms with van der Waals surface area (Å²) in [6.07, 6.45) is 8.76. The number of ether oxygens (including phenoxy) is 2. The monoisotopic (exact) mass is 361 g/mol. The predicted molar refractivity (Wildman–Crippen MR) is 101 cm³/mol. The summed E-state index contributed by atoms with van der Waals surface area (Å²) in [6, 6.07) is 13.7. The number of nitrogens with zero attached hydrogens (tertiary/aromatic N) is 2. The number of carbonyl (C=O) groups is 1. The molecule has 1 aliphatic rings. The number of nitrogens with one attached hydrogen (secondary N) is 1. The smallest absolute Gasteiger partial charge is 0.244 e. The van der Waals surface area contributed by atoms with Crippen LogP contribution >= 0.6 is 0 Å². The molecule has 2 aromatic carbocycles. The van der Waals surface area contributed by atoms with Gasteiger partial charge in [-0.25, -0.2) is 4.98 Å². The Balaban J connectivity index is 1.28. The number of aromatic nitrogens is 2. The number of carbonyl (C=O) groups excluding carboxylic acids is 1. The largest absolute Gasteiger partial charge is 0.454 e. The van der Waals surface area contributed by atoms with E-state index in [0.717, 1.165) is 23.4 Å². The molecule has 4 rings (SSSR count). The van der Waals surface area contributed by atoms with Crippen LogP contribution in [0.1, 0.15) is 16.7 Å². The van der Waals surface area contributed by atoms with Gasteiger partial charge < -0.3 is 19.4 Å². The summed E-state index contributed by atoms with van der Waals surface area (Å²) >= 11 is 0. The molecule has 0 unspecified atom stereocenters. The Hall–Kier alpha value is -3.54. The molecule has 0 saturated carbocycles. The summed E-state index contributed by atoms with van der Waals surface area (Å²) < 4.78 is 12.6. The first-order chi connectivity index (χ1) is 13.3. The third-order valence-corrected chi connectivity index (χ3v) is 4.24. The van der Waals surface area contributed by atoms with Crippen molar-refractivity contribution in [1.82, 2.24) is 14.9 Å². The van der Waals surface area contributed by atoms with Crippen molar-refractivity contribution in [3.8, 4) is 11.5 Å². The number of amides is 1. The van der Waals surface area contributed by atoms with Crippen molar-refractivity contribution >= 4 is 12.0 Å². The van der Waals surface area contributed by atoms with Crippen LogP contribution < -0.4 is 14.8 Å². The fraction of sp³-hybridized carbons (Fsp3) is 0.143. The topological polar surface area (TPSA) is 65.4 Å². The van der Waals surface area contributed by atoms with Crippen LogP contribution in [-0.4, -0.2) is 22.3 Å². The highest BCUT2D eigenvalue weighted by Crippen LogP contribution is 2.32. The van der Waals surface area contributed by atoms with Crippen molar-refractivity contribution in [3.63, 3.8) is 0 Å². The summed E-state index contributed by atoms with van der Waals surface area (Å²) in [4.78, 5) is 16.1. The molecule has 1 aromatic heterocycles. The van der Waals surface area contributed by atoms with Crippen LogP contribution in [0.5, 0.6) is 11.5 Å². The van der Waals surface area contributed by atoms with E-state index in [2.05, 4.69) is 22.4 Å². The average Bonchev–Trinajstić information content (AvgIpc) is 3.37. The molecule has 136 valence electrons. The Labute approximate surface area is 157 Å². The van der Waals surface area contributed by atoms with Crippen LogP contribution in [0.2, 0.25) is 0 Å². The lowest BCUT2D eigenvalue weighted by Crippen LogP contribution is -2.20. The van der Waals surface area contributed by atoms with Gasteiger partial charge >= 0.3 is 0 Å². The number of imidazole rings is 1. The maximum atomic E-state index is 12.0. The zero-order valence-electron chi connectivity index (χ0n) is 14.7. The lowest BCUT2D eigenvalue weighted by molar-refractivity contribution is -0.116. The molecule has 1 aliphatic heterocycles. The molecule has 0 bridgehead atoms. The second kappa shape index (κ2) is 7.78. The summed E-state index contributed by atoms with van der Waals surface area (Å²) in [5.74, 6) is 1.29. The highest BCUT2D eigenvalue weighted by molar-refractivity contribution is 5.91. The second-order valence-corrected chi connectivity index (χ2v) is 6.22. The van der Waals surface area contributed by atoms with E-state index < -0.39 is 0 Å². The van der Waals surface area contributed by atoms with E-state index in [0.29, 0.717) is 12.3 Å². The van der Waals surface area contributed by atoms with Crippen LogP contribution in [0.15, 0.2) is 67.3 Å². The Morgan fingerprint density at radius 2 is 1.93 bits per heavy atom. The van der Waals surface area contributed by atoms with E-state index in [1.807, 2.05) is 41.1 Å². The number of fused-ring (bicyclic) bond motifs is 1. The molecule has 0 radical (unpaired) electrons. The quantitative estimate of drug-likeness (QED) is 0.686. The van der Waals surface area contributed by atoms with E-state index in [-0.39, 0.29) is 12.7 Å². The number of hydrogen-bond donors (Lipinski definition) is 1. The minimum absolute atomic E-state index is 0.143. The highest BCUT2D eigenvalue weighted by atomic mass is 16.7. The lowest BCUT2D eigenvalue weighted by atomic mass is 10.1. The molecular formula is C21H19N3O3. The van der Waals surface area contributed by atoms with Gasteiger partial charge in [-0.15, -0.1) is 0 Å². The summed E-state index contributed by atoms with van der Waals surface area (Å²) in [7, 11) is 0. The molecule has 27 heavy (non-hydrogen) atoms. The first kappa shape index (κ1) is 16.9. The zero-order valence-corrected chi connectivity index (χ0v) is 14.7. The Morgan fingerprint density at radius 3 is 2.74 bits per heavy atom. The average molecular weight is 361 g/mol. The molecule has 1 amide bonds. The van der Waals surface area contributed by atoms with Crippen LogP contribution in [-0.2, 0) is 17.9 Å². The van der Waals surface area contributed by atoms with Crippen molar-refractivity contribution < 1.29 is 14.3 Å². The molecule has 0 atom stereocenters. The van der Waals surface area contributed by atoms with Crippen LogP contribution in [0.3, 0.4) is 0 Å². The number of rotatable bonds is 6. The van der Waals surface area contributed by atoms with Gasteiger partial charge in [-0.2, -0.15) is 0 Å². The fourth-order valence-corrected chi connectivity index (χ4v) is 2.79. The van der Waals surface area contributed by atoms with Gasteiger partial charge in [0.05, 0.1) is 6.33 Å². The van der Waals surface area contributed by atoms with E-state index in [4.69, 9.17) is 9.47 Å². The zero-order chi connectivity index (χ0) is 18.5. The predicted octanol–water partition coefficient (Wildman–Crippen LogP) is 2.99. The molecule has 6 nitrogen and oxygen atoms in total. The van der Waals surface area contributed by atoms with Gasteiger partial charge in [0.15, 0.2) is 11.5 Å². The van der Waals surface area contributed by atoms with Gasteiger partial charge in [0, 0.05) is 31.6 Å². The van der Waals surface area contributed by atoms with Crippen molar-refractivity contribution in [3.05, 3.63) is 84.0 Å². The normalized spacial score (nSPS) is 12.4. The summed E-state index contributed by atoms with van der Waals surface area (Å²) in [5.41, 5.74) is 3.12. The van der Waals surface area contributed by atoms with E-state index >= 15 is 0 Å². The van der Waals surface area contributed by atoms with Gasteiger partial charge in [0.1, 0.15) is 0 Å². The maximum absolute atomic E-state index is 12.0. The van der Waals surface area contributed by atoms with Crippen LogP contribution in [0.25, 0.3) is 6.08 Å². The molecule has 3 aromatic rings. The van der Waals surface area contributed by atoms with Crippen molar-refractivity contribution in [2.24, 2.45) is 0 Å². The van der Waals surface area contributed by atoms with E-state index in [1.165, 1.54) is 11.6 Å². The van der Waals surface area contributed by atoms with Gasteiger partial charge in [-0.3, -0.25) is 4.79 Å². The van der Waals surface area contributed by atoms with Gasteiger partial charge in [-0.05, 0) is 34.9 Å². The summed E-state index contributed by atoms with van der Waals surface area (Å²) in [5, 5.41) is 2.89. The van der Waals surface area contributed by atoms with Crippen molar-refractivity contribution in [2.45, 2.75) is 13.1 Å². The molecular weight excluding hydrogens is 342 g/mol. The second-order valence-electron chi connectivity index (χ2n) is 6.22. The Morgan fingerprint density at radius 1 is 1.11 bits per heavy atom. The van der Waals surface area contributed by atoms with Crippen LogP contribution in [0, 0.1) is 0 Å². The van der Waals surface area contributed by atoms with Crippen molar-refractivity contribution in [1.29, 1.82) is 0 Å². The number of benzene rings is 2. The molecule has 2 heterocycles. The van der Waals surface area contributed by atoms with Gasteiger partial charge in [0.25, 0.3) is 0 Å². The minimum atomic E-state index is -0.143. The van der Waals surface area contributed by atoms with E-state index in [1.54, 1.807) is 18.6 Å². The van der Waals surface area contributed by atoms with Gasteiger partial charge in [-0.1, -0.05) is 30.3 Å². The van der Waals surface area contributed by atoms with Crippen molar-refractivity contribution in [2.75, 3.05) is 6.79 Å². The fourth-order valence-electron chi connectivity index (χ4n) is 2.79. The lowest BCUT2D eigenvalue weighted by Gasteiger charge is -2.06. The summed E-state index contributed by atoms with van der Waals surface area (Å²) in [6.45, 7) is 1.50. The minimum Gasteiger partial charge on any atom is -0.454 e. The molecule has 1 N–H and O–H groups in total. The molecule has 0 spiro atoms. The molecule has 0 saturated heterocycles. The van der Waals surface area contributed by atoms with Gasteiger partial charge in [0.2, 0.25) is 12.7 Å². The Bertz CT molecular complexity index is 947. The molecule has 0 fully saturated rings. The first-order valence-corrected chi connectivity index (χ1v) is 8.65. The first-order valence-electron chi connectivity index (χ1n) is 8.65.